The lowest BCUT2D eigenvalue weighted by atomic mass is 9.73. The first-order chi connectivity index (χ1) is 16.4. The van der Waals surface area contributed by atoms with Crippen molar-refractivity contribution in [3.8, 4) is 11.1 Å². The van der Waals surface area contributed by atoms with E-state index in [2.05, 4.69) is 4.98 Å². The van der Waals surface area contributed by atoms with Crippen molar-refractivity contribution in [1.82, 2.24) is 9.29 Å². The summed E-state index contributed by atoms with van der Waals surface area (Å²) in [7, 11) is -3.10. The first-order valence-electron chi connectivity index (χ1n) is 10.2. The van der Waals surface area contributed by atoms with E-state index in [0.717, 1.165) is 16.4 Å². The number of sulfonamides is 1. The van der Waals surface area contributed by atoms with Gasteiger partial charge in [0, 0.05) is 35.5 Å². The molecule has 0 radical (unpaired) electrons. The molecule has 2 N–H and O–H groups in total. The molecule has 0 unspecified atom stereocenters. The van der Waals surface area contributed by atoms with Gasteiger partial charge in [-0.2, -0.15) is 4.31 Å². The van der Waals surface area contributed by atoms with Crippen LogP contribution in [0.3, 0.4) is 0 Å². The van der Waals surface area contributed by atoms with Gasteiger partial charge in [-0.05, 0) is 37.5 Å². The van der Waals surface area contributed by atoms with Gasteiger partial charge < -0.3 is 10.1 Å². The molecule has 4 rings (SSSR count). The Balaban J connectivity index is 1.90. The summed E-state index contributed by atoms with van der Waals surface area (Å²) < 4.78 is 28.2. The van der Waals surface area contributed by atoms with E-state index in [1.54, 1.807) is 0 Å². The molecule has 1 aliphatic carbocycles. The predicted octanol–water partition coefficient (Wildman–Crippen LogP) is 5.95. The van der Waals surface area contributed by atoms with Crippen molar-refractivity contribution in [2.24, 2.45) is 0 Å². The van der Waals surface area contributed by atoms with Crippen LogP contribution in [0.4, 0.5) is 5.69 Å². The lowest BCUT2D eigenvalue weighted by molar-refractivity contribution is -0.387. The summed E-state index contributed by atoms with van der Waals surface area (Å²) in [5.41, 5.74) is -1.50. The molecule has 35 heavy (non-hydrogen) atoms. The van der Waals surface area contributed by atoms with Gasteiger partial charge in [-0.1, -0.05) is 46.9 Å². The molecule has 0 atom stereocenters. The number of nitrogens with zero attached hydrogens (tertiary/aromatic N) is 2. The molecule has 1 heterocycles. The fraction of sp³-hybridized carbons (Fsp3) is 0.227. The molecule has 1 aromatic heterocycles. The number of nitro groups is 1. The van der Waals surface area contributed by atoms with Crippen LogP contribution in [-0.4, -0.2) is 40.8 Å². The van der Waals surface area contributed by atoms with Crippen molar-refractivity contribution in [1.29, 1.82) is 0 Å². The third-order valence-corrected chi connectivity index (χ3v) is 9.11. The van der Waals surface area contributed by atoms with Crippen molar-refractivity contribution in [2.75, 3.05) is 7.05 Å². The van der Waals surface area contributed by atoms with Crippen molar-refractivity contribution < 1.29 is 23.2 Å². The number of carbonyl (C=O) groups is 1. The molecule has 3 aromatic rings. The highest BCUT2D eigenvalue weighted by molar-refractivity contribution is 7.89. The quantitative estimate of drug-likeness (QED) is 0.272. The van der Waals surface area contributed by atoms with E-state index in [9.17, 15) is 28.4 Å². The number of benzene rings is 2. The van der Waals surface area contributed by atoms with Crippen molar-refractivity contribution >= 4 is 56.5 Å². The van der Waals surface area contributed by atoms with E-state index in [-0.39, 0.29) is 37.5 Å². The monoisotopic (exact) mass is 557 g/mol. The minimum absolute atomic E-state index is 0.124. The summed E-state index contributed by atoms with van der Waals surface area (Å²) in [6.45, 7) is 0. The average Bonchev–Trinajstić information content (AvgIpc) is 3.17. The van der Waals surface area contributed by atoms with Crippen LogP contribution in [-0.2, 0) is 15.6 Å². The smallest absolute Gasteiger partial charge is 0.338 e. The topological polar surface area (TPSA) is 134 Å². The lowest BCUT2D eigenvalue weighted by Gasteiger charge is -2.47. The molecule has 1 fully saturated rings. The summed E-state index contributed by atoms with van der Waals surface area (Å²) in [5.74, 6) is -1.32. The van der Waals surface area contributed by atoms with Crippen molar-refractivity contribution in [3.05, 3.63) is 79.0 Å². The SMILES string of the molecule is CN(C1(c2[nH]cc(-c3c(Cl)cc(Cl)cc3Cl)c2C(=O)O)CCC1)S(=O)(=O)c1ccccc1[N+](=O)[O-]. The molecular weight excluding hydrogens is 541 g/mol. The Bertz CT molecular complexity index is 1440. The van der Waals surface area contributed by atoms with Crippen LogP contribution in [0, 0.1) is 10.1 Å². The maximum absolute atomic E-state index is 13.6. The first-order valence-corrected chi connectivity index (χ1v) is 12.8. The zero-order valence-electron chi connectivity index (χ0n) is 18.1. The number of carboxylic acids is 1. The summed E-state index contributed by atoms with van der Waals surface area (Å²) >= 11 is 18.7. The first kappa shape index (κ1) is 25.5. The fourth-order valence-corrected chi connectivity index (χ4v) is 7.15. The Morgan fingerprint density at radius 3 is 2.29 bits per heavy atom. The van der Waals surface area contributed by atoms with Crippen LogP contribution in [0.2, 0.25) is 15.1 Å². The Morgan fingerprint density at radius 2 is 1.77 bits per heavy atom. The van der Waals surface area contributed by atoms with E-state index in [1.165, 1.54) is 37.5 Å². The number of halogens is 3. The van der Waals surface area contributed by atoms with Gasteiger partial charge in [-0.25, -0.2) is 13.2 Å². The van der Waals surface area contributed by atoms with Gasteiger partial charge in [0.1, 0.15) is 0 Å². The standard InChI is InChI=1S/C22H18Cl3N3O6S/c1-27(35(33,34)17-6-3-2-5-16(17)28(31)32)22(7-4-8-22)20-19(21(29)30)13(11-26-20)18-14(24)9-12(23)10-15(18)25/h2-3,5-6,9-11,26H,4,7-8H2,1H3,(H,29,30). The highest BCUT2D eigenvalue weighted by atomic mass is 35.5. The minimum atomic E-state index is -4.39. The number of aromatic amines is 1. The van der Waals surface area contributed by atoms with Gasteiger partial charge in [0.05, 0.1) is 31.8 Å². The largest absolute Gasteiger partial charge is 0.478 e. The lowest BCUT2D eigenvalue weighted by Crippen LogP contribution is -2.52. The number of nitro benzene ring substituents is 1. The second-order valence-electron chi connectivity index (χ2n) is 8.08. The molecule has 13 heteroatoms. The highest BCUT2D eigenvalue weighted by Gasteiger charge is 2.51. The average molecular weight is 559 g/mol. The fourth-order valence-electron chi connectivity index (χ4n) is 4.45. The third-order valence-electron chi connectivity index (χ3n) is 6.32. The summed E-state index contributed by atoms with van der Waals surface area (Å²) in [4.78, 5) is 25.6. The van der Waals surface area contributed by atoms with Crippen LogP contribution in [0.1, 0.15) is 35.3 Å². The number of nitrogens with one attached hydrogen (secondary N) is 1. The molecule has 0 saturated heterocycles. The van der Waals surface area contributed by atoms with Gasteiger partial charge in [-0.3, -0.25) is 10.1 Å². The highest BCUT2D eigenvalue weighted by Crippen LogP contribution is 2.51. The van der Waals surface area contributed by atoms with Crippen LogP contribution < -0.4 is 0 Å². The van der Waals surface area contributed by atoms with Gasteiger partial charge in [0.2, 0.25) is 0 Å². The molecule has 0 spiro atoms. The second-order valence-corrected chi connectivity index (χ2v) is 11.3. The molecule has 1 aliphatic rings. The van der Waals surface area contributed by atoms with Gasteiger partial charge in [-0.15, -0.1) is 0 Å². The van der Waals surface area contributed by atoms with Gasteiger partial charge >= 0.3 is 5.97 Å². The minimum Gasteiger partial charge on any atom is -0.478 e. The Kier molecular flexibility index (Phi) is 6.62. The second kappa shape index (κ2) is 9.11. The number of aromatic nitrogens is 1. The molecule has 0 bridgehead atoms. The molecule has 1 saturated carbocycles. The van der Waals surface area contributed by atoms with E-state index in [1.807, 2.05) is 0 Å². The summed E-state index contributed by atoms with van der Waals surface area (Å²) in [6, 6.07) is 7.87. The Hall–Kier alpha value is -2.63. The van der Waals surface area contributed by atoms with Crippen LogP contribution in [0.5, 0.6) is 0 Å². The van der Waals surface area contributed by atoms with Crippen LogP contribution in [0.25, 0.3) is 11.1 Å². The maximum Gasteiger partial charge on any atom is 0.338 e. The molecular formula is C22H18Cl3N3O6S. The Labute approximate surface area is 215 Å². The normalized spacial score (nSPS) is 15.1. The van der Waals surface area contributed by atoms with Gasteiger partial charge in [0.25, 0.3) is 15.7 Å². The van der Waals surface area contributed by atoms with Crippen molar-refractivity contribution in [3.63, 3.8) is 0 Å². The maximum atomic E-state index is 13.6. The van der Waals surface area contributed by atoms with E-state index < -0.39 is 37.0 Å². The van der Waals surface area contributed by atoms with Gasteiger partial charge in [0.15, 0.2) is 4.90 Å². The summed E-state index contributed by atoms with van der Waals surface area (Å²) in [6.07, 6.45) is 2.62. The van der Waals surface area contributed by atoms with E-state index in [4.69, 9.17) is 34.8 Å². The Morgan fingerprint density at radius 1 is 1.17 bits per heavy atom. The molecule has 2 aromatic carbocycles. The predicted molar refractivity (Wildman–Crippen MR) is 132 cm³/mol. The number of rotatable bonds is 7. The number of carboxylic acid groups (broad SMARTS) is 1. The number of hydrogen-bond acceptors (Lipinski definition) is 5. The molecule has 0 aliphatic heterocycles. The summed E-state index contributed by atoms with van der Waals surface area (Å²) in [5, 5.41) is 22.1. The number of hydrogen-bond donors (Lipinski definition) is 2. The van der Waals surface area contributed by atoms with Crippen LogP contribution in [0.15, 0.2) is 47.5 Å². The van der Waals surface area contributed by atoms with Crippen molar-refractivity contribution in [2.45, 2.75) is 29.7 Å². The number of H-pyrrole nitrogens is 1. The van der Waals surface area contributed by atoms with E-state index in [0.29, 0.717) is 19.3 Å². The third kappa shape index (κ3) is 4.09. The number of para-hydroxylation sites is 1. The number of aromatic carboxylic acids is 1. The zero-order valence-corrected chi connectivity index (χ0v) is 21.2. The molecule has 9 nitrogen and oxygen atoms in total. The zero-order chi connectivity index (χ0) is 25.7. The molecule has 0 amide bonds. The van der Waals surface area contributed by atoms with Crippen LogP contribution >= 0.6 is 34.8 Å². The molecule has 184 valence electrons. The van der Waals surface area contributed by atoms with E-state index >= 15 is 0 Å².